The van der Waals surface area contributed by atoms with Crippen molar-refractivity contribution in [2.75, 3.05) is 31.1 Å². The molecular formula is C27H27N5O2. The summed E-state index contributed by atoms with van der Waals surface area (Å²) in [5, 5.41) is 0. The van der Waals surface area contributed by atoms with Gasteiger partial charge in [-0.2, -0.15) is 0 Å². The second kappa shape index (κ2) is 9.09. The summed E-state index contributed by atoms with van der Waals surface area (Å²) in [5.41, 5.74) is 4.84. The molecule has 7 heteroatoms. The van der Waals surface area contributed by atoms with E-state index in [1.807, 2.05) is 62.4 Å². The zero-order chi connectivity index (χ0) is 23.7. The molecule has 0 N–H and O–H groups in total. The highest BCUT2D eigenvalue weighted by atomic mass is 16.2. The van der Waals surface area contributed by atoms with E-state index in [1.165, 1.54) is 4.90 Å². The predicted octanol–water partition coefficient (Wildman–Crippen LogP) is 3.20. The summed E-state index contributed by atoms with van der Waals surface area (Å²) in [4.78, 5) is 41.5. The standard InChI is InChI=1S/C27H27N5O2/c1-19-8-9-22(16-20(19)2)24-25(27(34)32(26(24)33)18-21-6-5-10-28-17-21)31-14-12-30(13-15-31)23-7-3-4-11-29-23/h3-11,16-17H,12-15,18H2,1-2H3. The molecule has 0 radical (unpaired) electrons. The molecular weight excluding hydrogens is 426 g/mol. The van der Waals surface area contributed by atoms with Crippen molar-refractivity contribution in [3.8, 4) is 0 Å². The van der Waals surface area contributed by atoms with Gasteiger partial charge in [0.15, 0.2) is 0 Å². The van der Waals surface area contributed by atoms with E-state index < -0.39 is 0 Å². The number of piperazine rings is 1. The Kier molecular flexibility index (Phi) is 5.84. The van der Waals surface area contributed by atoms with Crippen LogP contribution in [0.25, 0.3) is 5.57 Å². The molecule has 3 aromatic rings. The molecule has 1 saturated heterocycles. The lowest BCUT2D eigenvalue weighted by atomic mass is 9.99. The molecule has 4 heterocycles. The summed E-state index contributed by atoms with van der Waals surface area (Å²) in [6, 6.07) is 15.5. The molecule has 34 heavy (non-hydrogen) atoms. The van der Waals surface area contributed by atoms with Crippen molar-refractivity contribution in [1.29, 1.82) is 0 Å². The molecule has 2 aliphatic rings. The van der Waals surface area contributed by atoms with E-state index in [2.05, 4.69) is 19.8 Å². The van der Waals surface area contributed by atoms with Gasteiger partial charge in [0.05, 0.1) is 12.1 Å². The Morgan fingerprint density at radius 3 is 2.29 bits per heavy atom. The van der Waals surface area contributed by atoms with Gasteiger partial charge in [0, 0.05) is 44.8 Å². The number of hydrogen-bond acceptors (Lipinski definition) is 6. The predicted molar refractivity (Wildman–Crippen MR) is 131 cm³/mol. The molecule has 0 spiro atoms. The molecule has 7 nitrogen and oxygen atoms in total. The van der Waals surface area contributed by atoms with Gasteiger partial charge in [0.25, 0.3) is 11.8 Å². The van der Waals surface area contributed by atoms with Crippen molar-refractivity contribution in [2.24, 2.45) is 0 Å². The van der Waals surface area contributed by atoms with Crippen LogP contribution in [0.15, 0.2) is 72.8 Å². The third-order valence-electron chi connectivity index (χ3n) is 6.57. The molecule has 0 saturated carbocycles. The highest BCUT2D eigenvalue weighted by Gasteiger charge is 2.42. The number of benzene rings is 1. The van der Waals surface area contributed by atoms with Crippen LogP contribution in [-0.2, 0) is 16.1 Å². The quantitative estimate of drug-likeness (QED) is 0.553. The van der Waals surface area contributed by atoms with Gasteiger partial charge in [-0.15, -0.1) is 0 Å². The Morgan fingerprint density at radius 2 is 1.62 bits per heavy atom. The van der Waals surface area contributed by atoms with Crippen LogP contribution in [0.3, 0.4) is 0 Å². The number of pyridine rings is 2. The molecule has 172 valence electrons. The molecule has 0 unspecified atom stereocenters. The summed E-state index contributed by atoms with van der Waals surface area (Å²) in [6.07, 6.45) is 5.17. The number of nitrogens with zero attached hydrogens (tertiary/aromatic N) is 5. The highest BCUT2D eigenvalue weighted by molar-refractivity contribution is 6.35. The lowest BCUT2D eigenvalue weighted by molar-refractivity contribution is -0.138. The fraction of sp³-hybridized carbons (Fsp3) is 0.259. The van der Waals surface area contributed by atoms with E-state index in [0.29, 0.717) is 24.4 Å². The number of rotatable bonds is 5. The minimum absolute atomic E-state index is 0.206. The first-order valence-electron chi connectivity index (χ1n) is 11.5. The van der Waals surface area contributed by atoms with Gasteiger partial charge in [-0.1, -0.05) is 30.3 Å². The van der Waals surface area contributed by atoms with Crippen LogP contribution < -0.4 is 4.90 Å². The van der Waals surface area contributed by atoms with Gasteiger partial charge < -0.3 is 9.80 Å². The number of aromatic nitrogens is 2. The Balaban J connectivity index is 1.48. The number of hydrogen-bond donors (Lipinski definition) is 0. The lowest BCUT2D eigenvalue weighted by Crippen LogP contribution is -2.47. The van der Waals surface area contributed by atoms with Crippen LogP contribution in [-0.4, -0.2) is 57.8 Å². The van der Waals surface area contributed by atoms with Crippen molar-refractivity contribution in [3.63, 3.8) is 0 Å². The van der Waals surface area contributed by atoms with Crippen LogP contribution in [0.4, 0.5) is 5.82 Å². The van der Waals surface area contributed by atoms with Gasteiger partial charge in [-0.25, -0.2) is 4.98 Å². The van der Waals surface area contributed by atoms with Gasteiger partial charge in [-0.05, 0) is 54.3 Å². The molecule has 5 rings (SSSR count). The fourth-order valence-electron chi connectivity index (χ4n) is 4.53. The maximum Gasteiger partial charge on any atom is 0.278 e. The van der Waals surface area contributed by atoms with Gasteiger partial charge >= 0.3 is 0 Å². The zero-order valence-corrected chi connectivity index (χ0v) is 19.4. The summed E-state index contributed by atoms with van der Waals surface area (Å²) in [5.74, 6) is 0.435. The molecule has 1 fully saturated rings. The van der Waals surface area contributed by atoms with Crippen LogP contribution >= 0.6 is 0 Å². The topological polar surface area (TPSA) is 69.6 Å². The molecule has 0 aliphatic carbocycles. The average Bonchev–Trinajstić information content (AvgIpc) is 3.12. The van der Waals surface area contributed by atoms with E-state index in [1.54, 1.807) is 18.6 Å². The largest absolute Gasteiger partial charge is 0.363 e. The number of imide groups is 1. The number of aryl methyl sites for hydroxylation is 2. The van der Waals surface area contributed by atoms with E-state index in [9.17, 15) is 9.59 Å². The SMILES string of the molecule is Cc1ccc(C2=C(N3CCN(c4ccccn4)CC3)C(=O)N(Cc3cccnc3)C2=O)cc1C. The number of amides is 2. The van der Waals surface area contributed by atoms with Gasteiger partial charge in [0.2, 0.25) is 0 Å². The second-order valence-electron chi connectivity index (χ2n) is 8.74. The van der Waals surface area contributed by atoms with Crippen molar-refractivity contribution < 1.29 is 9.59 Å². The molecule has 2 aromatic heterocycles. The summed E-state index contributed by atoms with van der Waals surface area (Å²) < 4.78 is 0. The third-order valence-corrected chi connectivity index (χ3v) is 6.57. The van der Waals surface area contributed by atoms with Crippen molar-refractivity contribution >= 4 is 23.2 Å². The maximum absolute atomic E-state index is 13.7. The normalized spacial score (nSPS) is 16.6. The first-order chi connectivity index (χ1) is 16.5. The fourth-order valence-corrected chi connectivity index (χ4v) is 4.53. The molecule has 0 bridgehead atoms. The average molecular weight is 454 g/mol. The first kappa shape index (κ1) is 21.8. The van der Waals surface area contributed by atoms with E-state index in [4.69, 9.17) is 0 Å². The third kappa shape index (κ3) is 4.05. The Hall–Kier alpha value is -4.00. The first-order valence-corrected chi connectivity index (χ1v) is 11.5. The van der Waals surface area contributed by atoms with E-state index in [0.717, 1.165) is 41.2 Å². The van der Waals surface area contributed by atoms with Crippen LogP contribution in [0.1, 0.15) is 22.3 Å². The molecule has 0 atom stereocenters. The minimum Gasteiger partial charge on any atom is -0.363 e. The Bertz CT molecular complexity index is 1250. The van der Waals surface area contributed by atoms with Crippen LogP contribution in [0.2, 0.25) is 0 Å². The maximum atomic E-state index is 13.7. The van der Waals surface area contributed by atoms with E-state index in [-0.39, 0.29) is 18.4 Å². The van der Waals surface area contributed by atoms with Crippen molar-refractivity contribution in [1.82, 2.24) is 19.8 Å². The van der Waals surface area contributed by atoms with Crippen LogP contribution in [0.5, 0.6) is 0 Å². The van der Waals surface area contributed by atoms with E-state index >= 15 is 0 Å². The second-order valence-corrected chi connectivity index (χ2v) is 8.74. The van der Waals surface area contributed by atoms with Crippen molar-refractivity contribution in [2.45, 2.75) is 20.4 Å². The summed E-state index contributed by atoms with van der Waals surface area (Å²) in [7, 11) is 0. The monoisotopic (exact) mass is 453 g/mol. The molecule has 2 aliphatic heterocycles. The minimum atomic E-state index is -0.251. The Labute approximate surface area is 199 Å². The number of anilines is 1. The van der Waals surface area contributed by atoms with Crippen molar-refractivity contribution in [3.05, 3.63) is 95.1 Å². The highest BCUT2D eigenvalue weighted by Crippen LogP contribution is 2.34. The summed E-state index contributed by atoms with van der Waals surface area (Å²) in [6.45, 7) is 7.01. The molecule has 2 amide bonds. The van der Waals surface area contributed by atoms with Gasteiger partial charge in [-0.3, -0.25) is 19.5 Å². The summed E-state index contributed by atoms with van der Waals surface area (Å²) >= 11 is 0. The Morgan fingerprint density at radius 1 is 0.824 bits per heavy atom. The lowest BCUT2D eigenvalue weighted by Gasteiger charge is -2.37. The number of carbonyl (C=O) groups excluding carboxylic acids is 2. The zero-order valence-electron chi connectivity index (χ0n) is 19.4. The van der Waals surface area contributed by atoms with Gasteiger partial charge in [0.1, 0.15) is 11.5 Å². The smallest absolute Gasteiger partial charge is 0.278 e. The van der Waals surface area contributed by atoms with Crippen LogP contribution in [0, 0.1) is 13.8 Å². The molecule has 1 aromatic carbocycles. The number of carbonyl (C=O) groups is 2.